The summed E-state index contributed by atoms with van der Waals surface area (Å²) in [4.78, 5) is 4.27. The first-order valence-corrected chi connectivity index (χ1v) is 7.57. The molecule has 108 valence electrons. The maximum absolute atomic E-state index is 13.1. The molecule has 1 aliphatic rings. The molecular weight excluding hydrogens is 293 g/mol. The number of nitrogen functional groups attached to an aromatic ring is 1. The van der Waals surface area contributed by atoms with Gasteiger partial charge in [0.25, 0.3) is 0 Å². The Kier molecular flexibility index (Phi) is 2.85. The van der Waals surface area contributed by atoms with Gasteiger partial charge in [0.05, 0.1) is 5.75 Å². The number of nitrogens with two attached hydrogens (primary N) is 1. The Hall–Kier alpha value is -2.09. The molecule has 2 aromatic heterocycles. The summed E-state index contributed by atoms with van der Waals surface area (Å²) in [7, 11) is 0. The fraction of sp³-hybridized carbons (Fsp3) is 0.308. The third-order valence-corrected chi connectivity index (χ3v) is 4.25. The van der Waals surface area contributed by atoms with Gasteiger partial charge in [-0.05, 0) is 25.0 Å². The molecule has 0 atom stereocenters. The Labute approximate surface area is 123 Å². The molecule has 4 rings (SSSR count). The second-order valence-electron chi connectivity index (χ2n) is 4.95. The van der Waals surface area contributed by atoms with Gasteiger partial charge in [-0.2, -0.15) is 0 Å². The third kappa shape index (κ3) is 2.35. The molecule has 8 heteroatoms. The van der Waals surface area contributed by atoms with Crippen LogP contribution in [0.1, 0.15) is 24.8 Å². The van der Waals surface area contributed by atoms with E-state index >= 15 is 0 Å². The van der Waals surface area contributed by atoms with Crippen LogP contribution in [-0.2, 0) is 5.75 Å². The first-order valence-electron chi connectivity index (χ1n) is 6.59. The number of oxazole rings is 1. The summed E-state index contributed by atoms with van der Waals surface area (Å²) in [6, 6.07) is 4.71. The summed E-state index contributed by atoms with van der Waals surface area (Å²) in [5.41, 5.74) is 6.93. The van der Waals surface area contributed by atoms with Gasteiger partial charge in [-0.1, -0.05) is 11.8 Å². The summed E-state index contributed by atoms with van der Waals surface area (Å²) >= 11 is 1.47. The van der Waals surface area contributed by atoms with Crippen LogP contribution < -0.4 is 5.73 Å². The standard InChI is InChI=1S/C13H12FN5OS/c14-7-1-4-10-9(5-7)16-11(20-10)6-21-13-18-17-12(15)19(13)8-2-3-8/h1,4-5,8H,2-3,6H2,(H2,15,17). The van der Waals surface area contributed by atoms with Crippen LogP contribution in [0.15, 0.2) is 27.8 Å². The number of benzene rings is 1. The van der Waals surface area contributed by atoms with Crippen molar-refractivity contribution in [3.63, 3.8) is 0 Å². The van der Waals surface area contributed by atoms with Crippen LogP contribution in [0, 0.1) is 5.82 Å². The summed E-state index contributed by atoms with van der Waals surface area (Å²) in [6.45, 7) is 0. The van der Waals surface area contributed by atoms with E-state index in [1.165, 1.54) is 23.9 Å². The van der Waals surface area contributed by atoms with Crippen LogP contribution in [0.3, 0.4) is 0 Å². The maximum Gasteiger partial charge on any atom is 0.222 e. The Morgan fingerprint density at radius 2 is 2.24 bits per heavy atom. The highest BCUT2D eigenvalue weighted by molar-refractivity contribution is 7.98. The van der Waals surface area contributed by atoms with E-state index in [1.807, 2.05) is 4.57 Å². The van der Waals surface area contributed by atoms with Gasteiger partial charge in [-0.3, -0.25) is 4.57 Å². The van der Waals surface area contributed by atoms with E-state index in [1.54, 1.807) is 6.07 Å². The molecule has 0 amide bonds. The lowest BCUT2D eigenvalue weighted by Crippen LogP contribution is -2.02. The van der Waals surface area contributed by atoms with Crippen LogP contribution in [0.4, 0.5) is 10.3 Å². The number of rotatable bonds is 4. The Bertz CT molecular complexity index is 810. The summed E-state index contributed by atoms with van der Waals surface area (Å²) in [5.74, 6) is 1.15. The average molecular weight is 305 g/mol. The summed E-state index contributed by atoms with van der Waals surface area (Å²) in [5, 5.41) is 8.76. The molecule has 0 bridgehead atoms. The molecule has 21 heavy (non-hydrogen) atoms. The van der Waals surface area contributed by atoms with Crippen molar-refractivity contribution in [3.8, 4) is 0 Å². The minimum Gasteiger partial charge on any atom is -0.440 e. The Balaban J connectivity index is 1.55. The topological polar surface area (TPSA) is 82.8 Å². The van der Waals surface area contributed by atoms with E-state index in [2.05, 4.69) is 15.2 Å². The van der Waals surface area contributed by atoms with Crippen molar-refractivity contribution >= 4 is 28.8 Å². The highest BCUT2D eigenvalue weighted by Crippen LogP contribution is 2.39. The highest BCUT2D eigenvalue weighted by atomic mass is 32.2. The predicted octanol–water partition coefficient (Wildman–Crippen LogP) is 2.77. The molecule has 1 saturated carbocycles. The van der Waals surface area contributed by atoms with E-state index in [-0.39, 0.29) is 5.82 Å². The monoisotopic (exact) mass is 305 g/mol. The third-order valence-electron chi connectivity index (χ3n) is 3.32. The van der Waals surface area contributed by atoms with Gasteiger partial charge in [-0.15, -0.1) is 10.2 Å². The van der Waals surface area contributed by atoms with Crippen LogP contribution >= 0.6 is 11.8 Å². The molecule has 0 spiro atoms. The van der Waals surface area contributed by atoms with Crippen molar-refractivity contribution in [2.45, 2.75) is 29.8 Å². The Morgan fingerprint density at radius 3 is 3.05 bits per heavy atom. The lowest BCUT2D eigenvalue weighted by Gasteiger charge is -2.04. The number of nitrogens with zero attached hydrogens (tertiary/aromatic N) is 4. The van der Waals surface area contributed by atoms with E-state index in [0.29, 0.717) is 34.7 Å². The zero-order valence-electron chi connectivity index (χ0n) is 11.0. The number of aromatic nitrogens is 4. The van der Waals surface area contributed by atoms with Crippen molar-refractivity contribution in [1.29, 1.82) is 0 Å². The molecule has 0 unspecified atom stereocenters. The minimum atomic E-state index is -0.323. The van der Waals surface area contributed by atoms with Gasteiger partial charge < -0.3 is 10.2 Å². The number of anilines is 1. The fourth-order valence-corrected chi connectivity index (χ4v) is 3.06. The lowest BCUT2D eigenvalue weighted by molar-refractivity contribution is 0.554. The second-order valence-corrected chi connectivity index (χ2v) is 5.89. The molecule has 1 fully saturated rings. The van der Waals surface area contributed by atoms with Crippen LogP contribution in [-0.4, -0.2) is 19.7 Å². The van der Waals surface area contributed by atoms with Crippen molar-refractivity contribution in [2.24, 2.45) is 0 Å². The zero-order chi connectivity index (χ0) is 14.4. The maximum atomic E-state index is 13.1. The molecule has 1 aliphatic carbocycles. The van der Waals surface area contributed by atoms with Gasteiger partial charge in [0.15, 0.2) is 10.7 Å². The number of thioether (sulfide) groups is 1. The largest absolute Gasteiger partial charge is 0.440 e. The normalized spacial score (nSPS) is 14.9. The molecule has 3 aromatic rings. The van der Waals surface area contributed by atoms with Crippen LogP contribution in [0.2, 0.25) is 0 Å². The van der Waals surface area contributed by atoms with Gasteiger partial charge >= 0.3 is 0 Å². The molecule has 0 radical (unpaired) electrons. The average Bonchev–Trinajstić information content (AvgIpc) is 3.10. The van der Waals surface area contributed by atoms with Crippen molar-refractivity contribution in [2.75, 3.05) is 5.73 Å². The Morgan fingerprint density at radius 1 is 1.38 bits per heavy atom. The molecule has 0 saturated heterocycles. The molecule has 6 nitrogen and oxygen atoms in total. The van der Waals surface area contributed by atoms with Gasteiger partial charge in [0.2, 0.25) is 11.8 Å². The highest BCUT2D eigenvalue weighted by Gasteiger charge is 2.29. The first kappa shape index (κ1) is 12.6. The van der Waals surface area contributed by atoms with E-state index in [9.17, 15) is 4.39 Å². The summed E-state index contributed by atoms with van der Waals surface area (Å²) < 4.78 is 20.7. The van der Waals surface area contributed by atoms with E-state index in [0.717, 1.165) is 18.0 Å². The van der Waals surface area contributed by atoms with E-state index in [4.69, 9.17) is 10.2 Å². The van der Waals surface area contributed by atoms with Gasteiger partial charge in [0.1, 0.15) is 11.3 Å². The molecule has 0 aliphatic heterocycles. The SMILES string of the molecule is Nc1nnc(SCc2nc3cc(F)ccc3o2)n1C1CC1. The molecular formula is C13H12FN5OS. The van der Waals surface area contributed by atoms with Crippen molar-refractivity contribution in [1.82, 2.24) is 19.7 Å². The van der Waals surface area contributed by atoms with Crippen LogP contribution in [0.5, 0.6) is 0 Å². The minimum absolute atomic E-state index is 0.323. The van der Waals surface area contributed by atoms with E-state index < -0.39 is 0 Å². The molecule has 2 N–H and O–H groups in total. The number of hydrogen-bond donors (Lipinski definition) is 1. The zero-order valence-corrected chi connectivity index (χ0v) is 11.8. The van der Waals surface area contributed by atoms with Crippen LogP contribution in [0.25, 0.3) is 11.1 Å². The van der Waals surface area contributed by atoms with Crippen molar-refractivity contribution < 1.29 is 8.81 Å². The summed E-state index contributed by atoms with van der Waals surface area (Å²) in [6.07, 6.45) is 2.22. The molecule has 1 aromatic carbocycles. The quantitative estimate of drug-likeness (QED) is 0.746. The van der Waals surface area contributed by atoms with Crippen molar-refractivity contribution in [3.05, 3.63) is 29.9 Å². The molecule has 2 heterocycles. The fourth-order valence-electron chi connectivity index (χ4n) is 2.20. The van der Waals surface area contributed by atoms with Gasteiger partial charge in [-0.25, -0.2) is 9.37 Å². The smallest absolute Gasteiger partial charge is 0.222 e. The lowest BCUT2D eigenvalue weighted by atomic mass is 10.3. The number of hydrogen-bond acceptors (Lipinski definition) is 6. The first-order chi connectivity index (χ1) is 10.2. The number of halogens is 1. The second kappa shape index (κ2) is 4.73. The van der Waals surface area contributed by atoms with Gasteiger partial charge in [0, 0.05) is 12.1 Å². The number of fused-ring (bicyclic) bond motifs is 1. The predicted molar refractivity (Wildman–Crippen MR) is 76.2 cm³/mol.